The Morgan fingerprint density at radius 3 is 2.32 bits per heavy atom. The number of halogens is 3. The van der Waals surface area contributed by atoms with E-state index in [0.29, 0.717) is 6.07 Å². The van der Waals surface area contributed by atoms with Gasteiger partial charge in [0, 0.05) is 6.20 Å². The predicted octanol–water partition coefficient (Wildman–Crippen LogP) is 2.16. The number of aromatic nitrogens is 1. The predicted molar refractivity (Wildman–Crippen MR) is 80.7 cm³/mol. The van der Waals surface area contributed by atoms with Gasteiger partial charge in [-0.05, 0) is 19.9 Å². The smallest absolute Gasteiger partial charge is 0.343 e. The van der Waals surface area contributed by atoms with Gasteiger partial charge in [0.2, 0.25) is 5.43 Å². The molecule has 0 unspecified atom stereocenters. The lowest BCUT2D eigenvalue weighted by molar-refractivity contribution is -0.143. The summed E-state index contributed by atoms with van der Waals surface area (Å²) in [6, 6.07) is 0.473. The summed E-state index contributed by atoms with van der Waals surface area (Å²) in [5, 5.41) is -0.591. The van der Waals surface area contributed by atoms with E-state index in [1.165, 1.54) is 6.92 Å². The number of rotatable bonds is 5. The molecular weight excluding hydrogens is 343 g/mol. The van der Waals surface area contributed by atoms with E-state index in [-0.39, 0.29) is 13.2 Å². The lowest BCUT2D eigenvalue weighted by Crippen LogP contribution is -2.24. The van der Waals surface area contributed by atoms with E-state index >= 15 is 0 Å². The average Bonchev–Trinajstić information content (AvgIpc) is 2.55. The molecule has 0 aliphatic heterocycles. The molecule has 9 heteroatoms. The van der Waals surface area contributed by atoms with Crippen LogP contribution in [0.4, 0.5) is 13.2 Å². The second-order valence-corrected chi connectivity index (χ2v) is 4.91. The SMILES string of the molecule is CCOC(=O)Cn1cc(C(=O)OCC)c(=O)c2cc(F)c(F)c(F)c21. The highest BCUT2D eigenvalue weighted by Crippen LogP contribution is 2.22. The van der Waals surface area contributed by atoms with Gasteiger partial charge in [0.05, 0.1) is 24.1 Å². The third-order valence-electron chi connectivity index (χ3n) is 3.30. The summed E-state index contributed by atoms with van der Waals surface area (Å²) in [5.74, 6) is -6.88. The monoisotopic (exact) mass is 357 g/mol. The molecule has 0 amide bonds. The van der Waals surface area contributed by atoms with Crippen LogP contribution in [0.5, 0.6) is 0 Å². The van der Waals surface area contributed by atoms with Crippen LogP contribution in [0.3, 0.4) is 0 Å². The number of pyridine rings is 1. The summed E-state index contributed by atoms with van der Waals surface area (Å²) in [7, 11) is 0. The van der Waals surface area contributed by atoms with Crippen molar-refractivity contribution < 1.29 is 32.2 Å². The van der Waals surface area contributed by atoms with Crippen LogP contribution in [0.15, 0.2) is 17.1 Å². The lowest BCUT2D eigenvalue weighted by atomic mass is 10.1. The van der Waals surface area contributed by atoms with E-state index < -0.39 is 57.8 Å². The maximum atomic E-state index is 14.2. The minimum Gasteiger partial charge on any atom is -0.465 e. The molecule has 25 heavy (non-hydrogen) atoms. The van der Waals surface area contributed by atoms with Gasteiger partial charge in [-0.3, -0.25) is 9.59 Å². The molecule has 0 fully saturated rings. The summed E-state index contributed by atoms with van der Waals surface area (Å²) < 4.78 is 51.5. The molecule has 0 saturated heterocycles. The molecule has 0 radical (unpaired) electrons. The molecule has 0 N–H and O–H groups in total. The van der Waals surface area contributed by atoms with Crippen LogP contribution >= 0.6 is 0 Å². The number of carbonyl (C=O) groups is 2. The normalized spacial score (nSPS) is 10.8. The summed E-state index contributed by atoms with van der Waals surface area (Å²) in [4.78, 5) is 35.9. The Morgan fingerprint density at radius 1 is 1.08 bits per heavy atom. The van der Waals surface area contributed by atoms with Gasteiger partial charge in [-0.1, -0.05) is 0 Å². The fourth-order valence-corrected chi connectivity index (χ4v) is 2.29. The zero-order valence-corrected chi connectivity index (χ0v) is 13.4. The Kier molecular flexibility index (Phi) is 5.45. The summed E-state index contributed by atoms with van der Waals surface area (Å²) in [6.07, 6.45) is 0.861. The maximum Gasteiger partial charge on any atom is 0.343 e. The van der Waals surface area contributed by atoms with Gasteiger partial charge in [0.1, 0.15) is 12.1 Å². The highest BCUT2D eigenvalue weighted by atomic mass is 19.2. The number of carbonyl (C=O) groups excluding carboxylic acids is 2. The first-order valence-corrected chi connectivity index (χ1v) is 7.35. The highest BCUT2D eigenvalue weighted by molar-refractivity contribution is 5.94. The standard InChI is InChI=1S/C16H14F3NO5/c1-3-24-11(21)7-20-6-9(16(23)25-4-2)15(22)8-5-10(17)12(18)13(19)14(8)20/h5-6H,3-4,7H2,1-2H3. The molecule has 1 aromatic carbocycles. The van der Waals surface area contributed by atoms with Gasteiger partial charge < -0.3 is 14.0 Å². The fraction of sp³-hybridized carbons (Fsp3) is 0.312. The zero-order chi connectivity index (χ0) is 18.7. The topological polar surface area (TPSA) is 74.6 Å². The van der Waals surface area contributed by atoms with Crippen molar-refractivity contribution in [3.63, 3.8) is 0 Å². The molecule has 0 bridgehead atoms. The van der Waals surface area contributed by atoms with Crippen molar-refractivity contribution in [1.29, 1.82) is 0 Å². The van der Waals surface area contributed by atoms with Crippen LogP contribution in [0.25, 0.3) is 10.9 Å². The van der Waals surface area contributed by atoms with Gasteiger partial charge in [0.15, 0.2) is 17.5 Å². The number of esters is 2. The van der Waals surface area contributed by atoms with Gasteiger partial charge in [-0.15, -0.1) is 0 Å². The van der Waals surface area contributed by atoms with E-state index in [1.807, 2.05) is 0 Å². The van der Waals surface area contributed by atoms with E-state index in [9.17, 15) is 27.6 Å². The van der Waals surface area contributed by atoms with Gasteiger partial charge in [-0.25, -0.2) is 18.0 Å². The van der Waals surface area contributed by atoms with Crippen molar-refractivity contribution in [2.75, 3.05) is 13.2 Å². The van der Waals surface area contributed by atoms with Crippen molar-refractivity contribution in [2.24, 2.45) is 0 Å². The molecule has 0 spiro atoms. The minimum absolute atomic E-state index is 0.0349. The third-order valence-corrected chi connectivity index (χ3v) is 3.30. The molecule has 0 aliphatic carbocycles. The van der Waals surface area contributed by atoms with Gasteiger partial charge in [0.25, 0.3) is 0 Å². The summed E-state index contributed by atoms with van der Waals surface area (Å²) >= 11 is 0. The molecular formula is C16H14F3NO5. The summed E-state index contributed by atoms with van der Waals surface area (Å²) in [5.41, 5.74) is -2.22. The van der Waals surface area contributed by atoms with Crippen molar-refractivity contribution in [1.82, 2.24) is 4.57 Å². The third kappa shape index (κ3) is 3.49. The number of fused-ring (bicyclic) bond motifs is 1. The first-order valence-electron chi connectivity index (χ1n) is 7.35. The molecule has 0 atom stereocenters. The van der Waals surface area contributed by atoms with Crippen molar-refractivity contribution >= 4 is 22.8 Å². The Labute approximate surface area is 139 Å². The van der Waals surface area contributed by atoms with Crippen molar-refractivity contribution in [2.45, 2.75) is 20.4 Å². The summed E-state index contributed by atoms with van der Waals surface area (Å²) in [6.45, 7) is 2.43. The quantitative estimate of drug-likeness (QED) is 0.606. The fourth-order valence-electron chi connectivity index (χ4n) is 2.29. The van der Waals surface area contributed by atoms with E-state index in [1.54, 1.807) is 6.92 Å². The van der Waals surface area contributed by atoms with Crippen LogP contribution in [-0.4, -0.2) is 29.7 Å². The van der Waals surface area contributed by atoms with Crippen LogP contribution < -0.4 is 5.43 Å². The van der Waals surface area contributed by atoms with Crippen molar-refractivity contribution in [3.8, 4) is 0 Å². The second kappa shape index (κ2) is 7.37. The highest BCUT2D eigenvalue weighted by Gasteiger charge is 2.23. The van der Waals surface area contributed by atoms with Crippen LogP contribution in [0.1, 0.15) is 24.2 Å². The average molecular weight is 357 g/mol. The minimum atomic E-state index is -1.80. The molecule has 1 aromatic heterocycles. The first kappa shape index (κ1) is 18.5. The Morgan fingerprint density at radius 2 is 1.72 bits per heavy atom. The molecule has 0 aliphatic rings. The molecule has 0 saturated carbocycles. The Bertz CT molecular complexity index is 907. The number of nitrogens with zero attached hydrogens (tertiary/aromatic N) is 1. The molecule has 6 nitrogen and oxygen atoms in total. The maximum absolute atomic E-state index is 14.2. The number of hydrogen-bond acceptors (Lipinski definition) is 5. The first-order chi connectivity index (χ1) is 11.8. The Balaban J connectivity index is 2.80. The molecule has 2 aromatic rings. The molecule has 134 valence electrons. The van der Waals surface area contributed by atoms with Gasteiger partial charge in [-0.2, -0.15) is 0 Å². The van der Waals surface area contributed by atoms with Crippen molar-refractivity contribution in [3.05, 3.63) is 45.5 Å². The number of hydrogen-bond donors (Lipinski definition) is 0. The van der Waals surface area contributed by atoms with Gasteiger partial charge >= 0.3 is 11.9 Å². The van der Waals surface area contributed by atoms with Crippen LogP contribution in [0.2, 0.25) is 0 Å². The number of ether oxygens (including phenoxy) is 2. The van der Waals surface area contributed by atoms with Crippen LogP contribution in [0, 0.1) is 17.5 Å². The lowest BCUT2D eigenvalue weighted by Gasteiger charge is -2.13. The zero-order valence-electron chi connectivity index (χ0n) is 13.4. The number of benzene rings is 1. The Hall–Kier alpha value is -2.84. The van der Waals surface area contributed by atoms with E-state index in [2.05, 4.69) is 0 Å². The second-order valence-electron chi connectivity index (χ2n) is 4.91. The molecule has 2 rings (SSSR count). The molecule has 1 heterocycles. The van der Waals surface area contributed by atoms with E-state index in [4.69, 9.17) is 9.47 Å². The largest absolute Gasteiger partial charge is 0.465 e. The van der Waals surface area contributed by atoms with Crippen LogP contribution in [-0.2, 0) is 20.8 Å². The van der Waals surface area contributed by atoms with E-state index in [0.717, 1.165) is 10.8 Å².